The number of para-hydroxylation sites is 1. The summed E-state index contributed by atoms with van der Waals surface area (Å²) in [6.07, 6.45) is 3.19. The van der Waals surface area contributed by atoms with E-state index in [4.69, 9.17) is 9.47 Å². The molecule has 1 aromatic heterocycles. The van der Waals surface area contributed by atoms with Crippen molar-refractivity contribution in [3.05, 3.63) is 80.8 Å². The third-order valence-electron chi connectivity index (χ3n) is 4.90. The fourth-order valence-electron chi connectivity index (χ4n) is 3.42. The van der Waals surface area contributed by atoms with Gasteiger partial charge in [0.05, 0.1) is 10.7 Å². The lowest BCUT2D eigenvalue weighted by Crippen LogP contribution is -2.15. The van der Waals surface area contributed by atoms with E-state index in [0.29, 0.717) is 16.9 Å². The molecule has 0 unspecified atom stereocenters. The summed E-state index contributed by atoms with van der Waals surface area (Å²) in [5.41, 5.74) is 4.21. The van der Waals surface area contributed by atoms with Crippen LogP contribution in [-0.2, 0) is 24.2 Å². The number of benzene rings is 2. The smallest absolute Gasteiger partial charge is 0.342 e. The molecular formula is C23H21NO4S. The Labute approximate surface area is 173 Å². The molecule has 3 aromatic rings. The Morgan fingerprint density at radius 1 is 1.10 bits per heavy atom. The van der Waals surface area contributed by atoms with Crippen molar-refractivity contribution in [1.82, 2.24) is 4.98 Å². The molecule has 0 saturated heterocycles. The fourth-order valence-corrected chi connectivity index (χ4v) is 4.02. The molecule has 0 bridgehead atoms. The predicted octanol–water partition coefficient (Wildman–Crippen LogP) is 4.56. The van der Waals surface area contributed by atoms with E-state index < -0.39 is 5.97 Å². The van der Waals surface area contributed by atoms with Crippen LogP contribution in [0, 0.1) is 6.92 Å². The van der Waals surface area contributed by atoms with Crippen LogP contribution in [0.15, 0.2) is 47.8 Å². The summed E-state index contributed by atoms with van der Waals surface area (Å²) in [4.78, 5) is 29.3. The van der Waals surface area contributed by atoms with Crippen molar-refractivity contribution < 1.29 is 19.1 Å². The second kappa shape index (κ2) is 8.57. The highest BCUT2D eigenvalue weighted by Crippen LogP contribution is 2.24. The summed E-state index contributed by atoms with van der Waals surface area (Å²) in [6.45, 7) is 1.90. The van der Waals surface area contributed by atoms with Crippen LogP contribution >= 0.6 is 11.3 Å². The molecule has 0 atom stereocenters. The summed E-state index contributed by atoms with van der Waals surface area (Å²) in [5.74, 6) is -0.373. The van der Waals surface area contributed by atoms with E-state index in [1.807, 2.05) is 30.5 Å². The highest BCUT2D eigenvalue weighted by molar-refractivity contribution is 7.09. The average molecular weight is 407 g/mol. The van der Waals surface area contributed by atoms with E-state index in [1.54, 1.807) is 35.6 Å². The molecule has 1 aliphatic carbocycles. The maximum Gasteiger partial charge on any atom is 0.342 e. The Morgan fingerprint density at radius 3 is 2.76 bits per heavy atom. The van der Waals surface area contributed by atoms with Gasteiger partial charge in [0.25, 0.3) is 0 Å². The Bertz CT molecular complexity index is 1060. The number of aromatic nitrogens is 1. The van der Waals surface area contributed by atoms with Crippen LogP contribution in [0.1, 0.15) is 49.0 Å². The van der Waals surface area contributed by atoms with Crippen LogP contribution in [0.4, 0.5) is 0 Å². The number of ketones is 1. The van der Waals surface area contributed by atoms with Gasteiger partial charge in [-0.2, -0.15) is 0 Å². The van der Waals surface area contributed by atoms with Crippen molar-refractivity contribution in [2.45, 2.75) is 32.8 Å². The molecule has 1 heterocycles. The van der Waals surface area contributed by atoms with E-state index in [1.165, 1.54) is 11.1 Å². The number of rotatable bonds is 7. The van der Waals surface area contributed by atoms with Crippen molar-refractivity contribution in [2.75, 3.05) is 6.61 Å². The number of thiazole rings is 1. The Balaban J connectivity index is 1.38. The normalized spacial score (nSPS) is 12.4. The highest BCUT2D eigenvalue weighted by atomic mass is 32.1. The molecule has 0 radical (unpaired) electrons. The van der Waals surface area contributed by atoms with Gasteiger partial charge in [0.2, 0.25) is 0 Å². The maximum absolute atomic E-state index is 12.5. The summed E-state index contributed by atoms with van der Waals surface area (Å²) < 4.78 is 11.0. The maximum atomic E-state index is 12.5. The number of carbonyl (C=O) groups excluding carboxylic acids is 2. The highest BCUT2D eigenvalue weighted by Gasteiger charge is 2.18. The first-order chi connectivity index (χ1) is 14.1. The van der Waals surface area contributed by atoms with Crippen LogP contribution in [0.3, 0.4) is 0 Å². The Hall–Kier alpha value is -2.99. The molecule has 5 nitrogen and oxygen atoms in total. The summed E-state index contributed by atoms with van der Waals surface area (Å²) in [6, 6.07) is 12.6. The molecule has 0 fully saturated rings. The lowest BCUT2D eigenvalue weighted by Gasteiger charge is -2.10. The summed E-state index contributed by atoms with van der Waals surface area (Å²) in [7, 11) is 0. The lowest BCUT2D eigenvalue weighted by molar-refractivity contribution is 0.0470. The number of fused-ring (bicyclic) bond motifs is 1. The first-order valence-electron chi connectivity index (χ1n) is 9.55. The predicted molar refractivity (Wildman–Crippen MR) is 111 cm³/mol. The third-order valence-corrected chi connectivity index (χ3v) is 5.73. The number of hydrogen-bond acceptors (Lipinski definition) is 6. The molecule has 0 amide bonds. The molecule has 1 aliphatic rings. The van der Waals surface area contributed by atoms with Gasteiger partial charge in [0.15, 0.2) is 12.4 Å². The van der Waals surface area contributed by atoms with Crippen LogP contribution in [0.25, 0.3) is 0 Å². The van der Waals surface area contributed by atoms with Gasteiger partial charge in [-0.1, -0.05) is 24.3 Å². The number of Topliss-reactive ketones (excluding diaryl/α,β-unsaturated/α-hetero) is 1. The topological polar surface area (TPSA) is 65.5 Å². The van der Waals surface area contributed by atoms with E-state index in [2.05, 4.69) is 4.98 Å². The molecule has 6 heteroatoms. The standard InChI is InChI=1S/C23H21NO4S/c1-15-24-19(14-29-15)12-27-22-8-3-2-7-20(22)23(26)28-13-21(25)18-10-9-16-5-4-6-17(16)11-18/h2-3,7-11,14H,4-6,12-13H2,1H3. The van der Waals surface area contributed by atoms with Gasteiger partial charge in [-0.3, -0.25) is 4.79 Å². The SMILES string of the molecule is Cc1nc(COc2ccccc2C(=O)OCC(=O)c2ccc3c(c2)CCC3)cs1. The van der Waals surface area contributed by atoms with Gasteiger partial charge >= 0.3 is 5.97 Å². The first kappa shape index (κ1) is 19.3. The van der Waals surface area contributed by atoms with Crippen molar-refractivity contribution >= 4 is 23.1 Å². The quantitative estimate of drug-likeness (QED) is 0.424. The molecule has 0 spiro atoms. The van der Waals surface area contributed by atoms with Crippen LogP contribution < -0.4 is 4.74 Å². The van der Waals surface area contributed by atoms with Gasteiger partial charge in [-0.25, -0.2) is 9.78 Å². The largest absolute Gasteiger partial charge is 0.486 e. The Kier molecular flexibility index (Phi) is 5.71. The van der Waals surface area contributed by atoms with Gasteiger partial charge in [-0.15, -0.1) is 11.3 Å². The van der Waals surface area contributed by atoms with Crippen molar-refractivity contribution in [3.63, 3.8) is 0 Å². The van der Waals surface area contributed by atoms with E-state index in [0.717, 1.165) is 30.0 Å². The van der Waals surface area contributed by atoms with Crippen molar-refractivity contribution in [1.29, 1.82) is 0 Å². The fraction of sp³-hybridized carbons (Fsp3) is 0.261. The lowest BCUT2D eigenvalue weighted by atomic mass is 10.0. The minimum atomic E-state index is -0.579. The molecule has 0 aliphatic heterocycles. The molecule has 4 rings (SSSR count). The minimum Gasteiger partial charge on any atom is -0.486 e. The summed E-state index contributed by atoms with van der Waals surface area (Å²) in [5, 5.41) is 2.88. The van der Waals surface area contributed by atoms with Gasteiger partial charge in [-0.05, 0) is 55.5 Å². The number of carbonyl (C=O) groups is 2. The van der Waals surface area contributed by atoms with Crippen molar-refractivity contribution in [2.24, 2.45) is 0 Å². The van der Waals surface area contributed by atoms with E-state index in [9.17, 15) is 9.59 Å². The van der Waals surface area contributed by atoms with Crippen LogP contribution in [0.2, 0.25) is 0 Å². The minimum absolute atomic E-state index is 0.204. The van der Waals surface area contributed by atoms with Gasteiger partial charge in [0.1, 0.15) is 17.9 Å². The third kappa shape index (κ3) is 4.54. The number of nitrogens with zero attached hydrogens (tertiary/aromatic N) is 1. The number of aryl methyl sites for hydroxylation is 3. The first-order valence-corrected chi connectivity index (χ1v) is 10.4. The number of esters is 1. The molecule has 2 aromatic carbocycles. The second-order valence-electron chi connectivity index (χ2n) is 6.98. The monoisotopic (exact) mass is 407 g/mol. The zero-order valence-corrected chi connectivity index (χ0v) is 17.0. The van der Waals surface area contributed by atoms with Crippen LogP contribution in [-0.4, -0.2) is 23.3 Å². The number of hydrogen-bond donors (Lipinski definition) is 0. The van der Waals surface area contributed by atoms with Crippen LogP contribution in [0.5, 0.6) is 5.75 Å². The molecule has 148 valence electrons. The van der Waals surface area contributed by atoms with Gasteiger partial charge in [0, 0.05) is 10.9 Å². The second-order valence-corrected chi connectivity index (χ2v) is 8.04. The average Bonchev–Trinajstić information content (AvgIpc) is 3.38. The number of ether oxygens (including phenoxy) is 2. The summed E-state index contributed by atoms with van der Waals surface area (Å²) >= 11 is 1.55. The van der Waals surface area contributed by atoms with Crippen molar-refractivity contribution in [3.8, 4) is 5.75 Å². The van der Waals surface area contributed by atoms with E-state index >= 15 is 0 Å². The Morgan fingerprint density at radius 2 is 1.93 bits per heavy atom. The zero-order valence-electron chi connectivity index (χ0n) is 16.1. The molecule has 0 N–H and O–H groups in total. The molecular weight excluding hydrogens is 386 g/mol. The van der Waals surface area contributed by atoms with Gasteiger partial charge < -0.3 is 9.47 Å². The molecule has 0 saturated carbocycles. The van der Waals surface area contributed by atoms with E-state index in [-0.39, 0.29) is 19.0 Å². The molecule has 29 heavy (non-hydrogen) atoms. The zero-order chi connectivity index (χ0) is 20.2.